The lowest BCUT2D eigenvalue weighted by Gasteiger charge is -2.35. The van der Waals surface area contributed by atoms with E-state index >= 15 is 0 Å². The molecule has 0 bridgehead atoms. The molecular formula is C17H27Cl2FN2O2. The van der Waals surface area contributed by atoms with Gasteiger partial charge in [0.2, 0.25) is 0 Å². The van der Waals surface area contributed by atoms with Gasteiger partial charge in [-0.25, -0.2) is 4.39 Å². The Morgan fingerprint density at radius 1 is 1.21 bits per heavy atom. The number of hydrogen-bond donors (Lipinski definition) is 1. The van der Waals surface area contributed by atoms with E-state index in [1.54, 1.807) is 13.2 Å². The average molecular weight is 381 g/mol. The molecule has 138 valence electrons. The molecule has 1 atom stereocenters. The van der Waals surface area contributed by atoms with Crippen LogP contribution in [0.25, 0.3) is 0 Å². The zero-order valence-corrected chi connectivity index (χ0v) is 16.1. The summed E-state index contributed by atoms with van der Waals surface area (Å²) in [5, 5.41) is 3.33. The number of methoxy groups -OCH3 is 2. The van der Waals surface area contributed by atoms with Crippen LogP contribution in [-0.4, -0.2) is 45.3 Å². The largest absolute Gasteiger partial charge is 0.493 e. The van der Waals surface area contributed by atoms with Crippen LogP contribution in [0.15, 0.2) is 24.3 Å². The molecule has 0 amide bonds. The van der Waals surface area contributed by atoms with Crippen LogP contribution < -0.4 is 14.8 Å². The van der Waals surface area contributed by atoms with Gasteiger partial charge in [-0.05, 0) is 19.4 Å². The lowest BCUT2D eigenvalue weighted by atomic mass is 9.97. The molecule has 0 spiro atoms. The normalized spacial score (nSPS) is 15.7. The predicted molar refractivity (Wildman–Crippen MR) is 101 cm³/mol. The highest BCUT2D eigenvalue weighted by atomic mass is 35.5. The van der Waals surface area contributed by atoms with Gasteiger partial charge in [-0.15, -0.1) is 31.4 Å². The zero-order chi connectivity index (χ0) is 16.1. The fourth-order valence-electron chi connectivity index (χ4n) is 2.88. The summed E-state index contributed by atoms with van der Waals surface area (Å²) in [6.45, 7) is 9.61. The van der Waals surface area contributed by atoms with Crippen molar-refractivity contribution in [3.63, 3.8) is 0 Å². The molecule has 1 aromatic carbocycles. The van der Waals surface area contributed by atoms with Crippen LogP contribution in [0.3, 0.4) is 0 Å². The SMILES string of the molecule is C=C(C)C[C@H](c1cc(OC)c(OC)cc1F)N1CCNCC1.Cl.Cl. The molecule has 24 heavy (non-hydrogen) atoms. The maximum Gasteiger partial charge on any atom is 0.163 e. The molecule has 1 aromatic rings. The van der Waals surface area contributed by atoms with E-state index < -0.39 is 0 Å². The van der Waals surface area contributed by atoms with Gasteiger partial charge >= 0.3 is 0 Å². The molecule has 1 N–H and O–H groups in total. The fraction of sp³-hybridized carbons (Fsp3) is 0.529. The van der Waals surface area contributed by atoms with E-state index in [0.29, 0.717) is 17.1 Å². The summed E-state index contributed by atoms with van der Waals surface area (Å²) in [7, 11) is 3.08. The second kappa shape index (κ2) is 10.8. The minimum Gasteiger partial charge on any atom is -0.493 e. The Labute approximate surface area is 156 Å². The first-order valence-corrected chi connectivity index (χ1v) is 7.57. The van der Waals surface area contributed by atoms with Crippen molar-refractivity contribution in [1.82, 2.24) is 10.2 Å². The highest BCUT2D eigenvalue weighted by molar-refractivity contribution is 5.85. The highest BCUT2D eigenvalue weighted by Gasteiger charge is 2.26. The van der Waals surface area contributed by atoms with Crippen LogP contribution in [0.2, 0.25) is 0 Å². The number of halogens is 3. The summed E-state index contributed by atoms with van der Waals surface area (Å²) in [6, 6.07) is 3.13. The van der Waals surface area contributed by atoms with Gasteiger partial charge in [-0.1, -0.05) is 5.57 Å². The number of hydrogen-bond acceptors (Lipinski definition) is 4. The third-order valence-corrected chi connectivity index (χ3v) is 4.00. The fourth-order valence-corrected chi connectivity index (χ4v) is 2.88. The number of piperazine rings is 1. The van der Waals surface area contributed by atoms with Gasteiger partial charge in [-0.2, -0.15) is 0 Å². The molecule has 7 heteroatoms. The van der Waals surface area contributed by atoms with E-state index in [4.69, 9.17) is 9.47 Å². The Kier molecular flexibility index (Phi) is 10.3. The molecule has 1 saturated heterocycles. The van der Waals surface area contributed by atoms with E-state index in [-0.39, 0.29) is 36.7 Å². The van der Waals surface area contributed by atoms with Gasteiger partial charge in [0.1, 0.15) is 5.82 Å². The van der Waals surface area contributed by atoms with Gasteiger partial charge < -0.3 is 14.8 Å². The van der Waals surface area contributed by atoms with E-state index in [2.05, 4.69) is 16.8 Å². The molecule has 4 nitrogen and oxygen atoms in total. The Bertz CT molecular complexity index is 538. The first kappa shape index (κ1) is 23.0. The number of benzene rings is 1. The molecule has 0 aromatic heterocycles. The first-order chi connectivity index (χ1) is 10.6. The predicted octanol–water partition coefficient (Wildman–Crippen LogP) is 3.60. The monoisotopic (exact) mass is 380 g/mol. The molecule has 2 rings (SSSR count). The highest BCUT2D eigenvalue weighted by Crippen LogP contribution is 2.36. The van der Waals surface area contributed by atoms with Gasteiger partial charge in [0.05, 0.1) is 14.2 Å². The van der Waals surface area contributed by atoms with Crippen LogP contribution >= 0.6 is 24.8 Å². The van der Waals surface area contributed by atoms with Crippen LogP contribution in [0.5, 0.6) is 11.5 Å². The molecule has 1 aliphatic heterocycles. The van der Waals surface area contributed by atoms with Gasteiger partial charge in [-0.3, -0.25) is 4.90 Å². The average Bonchev–Trinajstić information content (AvgIpc) is 2.53. The van der Waals surface area contributed by atoms with Crippen molar-refractivity contribution >= 4 is 24.8 Å². The van der Waals surface area contributed by atoms with Gasteiger partial charge in [0.15, 0.2) is 11.5 Å². The maximum absolute atomic E-state index is 14.6. The van der Waals surface area contributed by atoms with E-state index in [9.17, 15) is 4.39 Å². The van der Waals surface area contributed by atoms with E-state index in [1.165, 1.54) is 13.2 Å². The molecule has 0 radical (unpaired) electrons. The Hall–Kier alpha value is -1.01. The molecule has 0 saturated carbocycles. The van der Waals surface area contributed by atoms with Crippen molar-refractivity contribution in [3.8, 4) is 11.5 Å². The number of nitrogens with one attached hydrogen (secondary N) is 1. The number of rotatable bonds is 6. The topological polar surface area (TPSA) is 33.7 Å². The van der Waals surface area contributed by atoms with Crippen molar-refractivity contribution in [2.24, 2.45) is 0 Å². The molecule has 1 heterocycles. The summed E-state index contributed by atoms with van der Waals surface area (Å²) in [4.78, 5) is 2.30. The summed E-state index contributed by atoms with van der Waals surface area (Å²) in [6.07, 6.45) is 0.729. The summed E-state index contributed by atoms with van der Waals surface area (Å²) < 4.78 is 25.1. The van der Waals surface area contributed by atoms with Crippen molar-refractivity contribution in [3.05, 3.63) is 35.7 Å². The maximum atomic E-state index is 14.6. The van der Waals surface area contributed by atoms with E-state index in [1.807, 2.05) is 6.92 Å². The molecule has 1 fully saturated rings. The quantitative estimate of drug-likeness (QED) is 0.764. The lowest BCUT2D eigenvalue weighted by molar-refractivity contribution is 0.169. The van der Waals surface area contributed by atoms with Crippen molar-refractivity contribution in [2.45, 2.75) is 19.4 Å². The third-order valence-electron chi connectivity index (χ3n) is 4.00. The number of nitrogens with zero attached hydrogens (tertiary/aromatic N) is 1. The minimum absolute atomic E-state index is 0. The smallest absolute Gasteiger partial charge is 0.163 e. The second-order valence-electron chi connectivity index (χ2n) is 5.69. The Morgan fingerprint density at radius 3 is 2.25 bits per heavy atom. The van der Waals surface area contributed by atoms with Crippen LogP contribution in [-0.2, 0) is 0 Å². The lowest BCUT2D eigenvalue weighted by Crippen LogP contribution is -2.45. The molecular weight excluding hydrogens is 354 g/mol. The third kappa shape index (κ3) is 5.52. The molecule has 0 aliphatic carbocycles. The summed E-state index contributed by atoms with van der Waals surface area (Å²) in [5.74, 6) is 0.710. The minimum atomic E-state index is -0.262. The molecule has 1 aliphatic rings. The van der Waals surface area contributed by atoms with Crippen molar-refractivity contribution in [1.29, 1.82) is 0 Å². The van der Waals surface area contributed by atoms with Crippen LogP contribution in [0.1, 0.15) is 24.9 Å². The first-order valence-electron chi connectivity index (χ1n) is 7.57. The summed E-state index contributed by atoms with van der Waals surface area (Å²) in [5.41, 5.74) is 1.68. The van der Waals surface area contributed by atoms with Crippen LogP contribution in [0.4, 0.5) is 4.39 Å². The van der Waals surface area contributed by atoms with Gasteiger partial charge in [0.25, 0.3) is 0 Å². The van der Waals surface area contributed by atoms with Crippen LogP contribution in [0, 0.1) is 5.82 Å². The summed E-state index contributed by atoms with van der Waals surface area (Å²) >= 11 is 0. The number of ether oxygens (including phenoxy) is 2. The standard InChI is InChI=1S/C17H25FN2O2.2ClH/c1-12(2)9-15(20-7-5-19-6-8-20)13-10-16(21-3)17(22-4)11-14(13)18;;/h10-11,15,19H,1,5-9H2,2-4H3;2*1H/t15-;;/m1../s1. The molecule has 0 unspecified atom stereocenters. The van der Waals surface area contributed by atoms with Gasteiger partial charge in [0, 0.05) is 43.9 Å². The van der Waals surface area contributed by atoms with Crippen molar-refractivity contribution < 1.29 is 13.9 Å². The Morgan fingerprint density at radius 2 is 1.75 bits per heavy atom. The Balaban J connectivity index is 0.00000264. The van der Waals surface area contributed by atoms with Crippen molar-refractivity contribution in [2.75, 3.05) is 40.4 Å². The second-order valence-corrected chi connectivity index (χ2v) is 5.69. The van der Waals surface area contributed by atoms with E-state index in [0.717, 1.165) is 38.2 Å². The zero-order valence-electron chi connectivity index (χ0n) is 14.4.